The molecule has 0 aromatic heterocycles. The second-order valence-corrected chi connectivity index (χ2v) is 16.0. The number of aliphatic hydroxyl groups excluding tert-OH is 1. The SMILES string of the molecule is C/C(=C\[C@H](C)[C@H](O)[C@H](C)CO[Si](c1ccccc1)(c1ccccc1)C(C)(C)C)C(=O)OC(C)(C)C. The van der Waals surface area contributed by atoms with Gasteiger partial charge >= 0.3 is 5.97 Å². The number of carbonyl (C=O) groups is 1. The van der Waals surface area contributed by atoms with Crippen molar-refractivity contribution in [2.24, 2.45) is 11.8 Å². The summed E-state index contributed by atoms with van der Waals surface area (Å²) in [7, 11) is -2.67. The highest BCUT2D eigenvalue weighted by molar-refractivity contribution is 6.99. The lowest BCUT2D eigenvalue weighted by Crippen LogP contribution is -2.67. The molecule has 5 heteroatoms. The lowest BCUT2D eigenvalue weighted by Gasteiger charge is -2.44. The molecule has 0 bridgehead atoms. The van der Waals surface area contributed by atoms with Crippen molar-refractivity contribution in [2.75, 3.05) is 6.61 Å². The first-order chi connectivity index (χ1) is 16.2. The molecule has 3 atom stereocenters. The Hall–Kier alpha value is -2.21. The number of carbonyl (C=O) groups excluding carboxylic acids is 1. The van der Waals surface area contributed by atoms with Crippen LogP contribution in [0.2, 0.25) is 5.04 Å². The average molecular weight is 497 g/mol. The lowest BCUT2D eigenvalue weighted by molar-refractivity contribution is -0.149. The molecule has 0 aliphatic rings. The van der Waals surface area contributed by atoms with Crippen molar-refractivity contribution in [3.05, 3.63) is 72.3 Å². The molecule has 0 radical (unpaired) electrons. The molecular weight excluding hydrogens is 452 g/mol. The van der Waals surface area contributed by atoms with Crippen molar-refractivity contribution in [1.82, 2.24) is 0 Å². The topological polar surface area (TPSA) is 55.8 Å². The molecular formula is C30H44O4Si. The Labute approximate surface area is 213 Å². The fraction of sp³-hybridized carbons (Fsp3) is 0.500. The molecule has 0 fully saturated rings. The number of rotatable bonds is 9. The Bertz CT molecular complexity index is 931. The van der Waals surface area contributed by atoms with Crippen LogP contribution in [0.15, 0.2) is 72.3 Å². The van der Waals surface area contributed by atoms with E-state index in [1.54, 1.807) is 13.0 Å². The Kier molecular flexibility index (Phi) is 9.69. The maximum Gasteiger partial charge on any atom is 0.333 e. The largest absolute Gasteiger partial charge is 0.457 e. The van der Waals surface area contributed by atoms with Gasteiger partial charge in [-0.1, -0.05) is 101 Å². The van der Waals surface area contributed by atoms with Crippen molar-refractivity contribution < 1.29 is 19.1 Å². The second kappa shape index (κ2) is 11.7. The zero-order valence-electron chi connectivity index (χ0n) is 23.0. The van der Waals surface area contributed by atoms with Crippen LogP contribution in [0.25, 0.3) is 0 Å². The third kappa shape index (κ3) is 7.39. The molecule has 4 nitrogen and oxygen atoms in total. The van der Waals surface area contributed by atoms with E-state index in [1.807, 2.05) is 46.8 Å². The third-order valence-corrected chi connectivity index (χ3v) is 11.3. The minimum Gasteiger partial charge on any atom is -0.457 e. The second-order valence-electron chi connectivity index (χ2n) is 11.7. The van der Waals surface area contributed by atoms with Crippen LogP contribution in [-0.4, -0.2) is 37.7 Å². The molecule has 0 amide bonds. The van der Waals surface area contributed by atoms with Gasteiger partial charge in [0.1, 0.15) is 5.60 Å². The van der Waals surface area contributed by atoms with Gasteiger partial charge in [0.2, 0.25) is 0 Å². The van der Waals surface area contributed by atoms with E-state index in [0.717, 1.165) is 0 Å². The zero-order chi connectivity index (χ0) is 26.4. The van der Waals surface area contributed by atoms with Gasteiger partial charge in [0.25, 0.3) is 8.32 Å². The first-order valence-corrected chi connectivity index (χ1v) is 14.4. The van der Waals surface area contributed by atoms with E-state index in [2.05, 4.69) is 69.3 Å². The molecule has 1 N–H and O–H groups in total. The molecule has 0 heterocycles. The van der Waals surface area contributed by atoms with Crippen LogP contribution in [0.3, 0.4) is 0 Å². The maximum atomic E-state index is 12.4. The molecule has 0 aliphatic carbocycles. The summed E-state index contributed by atoms with van der Waals surface area (Å²) in [6, 6.07) is 21.0. The highest BCUT2D eigenvalue weighted by atomic mass is 28.4. The monoisotopic (exact) mass is 496 g/mol. The normalized spacial score (nSPS) is 15.9. The quantitative estimate of drug-likeness (QED) is 0.284. The smallest absolute Gasteiger partial charge is 0.333 e. The molecule has 0 saturated carbocycles. The molecule has 0 aliphatic heterocycles. The van der Waals surface area contributed by atoms with E-state index >= 15 is 0 Å². The van der Waals surface area contributed by atoms with Crippen LogP contribution < -0.4 is 10.4 Å². The van der Waals surface area contributed by atoms with Crippen molar-refractivity contribution in [1.29, 1.82) is 0 Å². The third-order valence-electron chi connectivity index (χ3n) is 6.34. The van der Waals surface area contributed by atoms with Gasteiger partial charge in [-0.3, -0.25) is 0 Å². The summed E-state index contributed by atoms with van der Waals surface area (Å²) in [5.41, 5.74) is -0.0445. The summed E-state index contributed by atoms with van der Waals surface area (Å²) in [6.45, 7) is 18.4. The molecule has 2 rings (SSSR count). The predicted molar refractivity (Wildman–Crippen MR) is 148 cm³/mol. The minimum atomic E-state index is -2.67. The van der Waals surface area contributed by atoms with E-state index in [-0.39, 0.29) is 22.8 Å². The molecule has 2 aromatic carbocycles. The highest BCUT2D eigenvalue weighted by Gasteiger charge is 2.50. The predicted octanol–water partition coefficient (Wildman–Crippen LogP) is 5.48. The molecule has 0 saturated heterocycles. The number of esters is 1. The van der Waals surface area contributed by atoms with E-state index in [1.165, 1.54) is 10.4 Å². The summed E-state index contributed by atoms with van der Waals surface area (Å²) < 4.78 is 12.4. The lowest BCUT2D eigenvalue weighted by atomic mass is 9.92. The standard InChI is InChI=1S/C30H44O4Si/c1-22(20-23(2)28(32)34-29(4,5)6)27(31)24(3)21-33-35(30(7,8)9,25-16-12-10-13-17-25)26-18-14-11-15-19-26/h10-20,22,24,27,31H,21H2,1-9H3/b23-20+/t22-,24+,27-/m0/s1. The van der Waals surface area contributed by atoms with E-state index in [4.69, 9.17) is 9.16 Å². The fourth-order valence-corrected chi connectivity index (χ4v) is 9.22. The first-order valence-electron chi connectivity index (χ1n) is 12.5. The van der Waals surface area contributed by atoms with Crippen LogP contribution in [0, 0.1) is 11.8 Å². The summed E-state index contributed by atoms with van der Waals surface area (Å²) >= 11 is 0. The molecule has 35 heavy (non-hydrogen) atoms. The molecule has 0 spiro atoms. The number of ether oxygens (including phenoxy) is 1. The van der Waals surface area contributed by atoms with Crippen LogP contribution in [0.4, 0.5) is 0 Å². The highest BCUT2D eigenvalue weighted by Crippen LogP contribution is 2.37. The van der Waals surface area contributed by atoms with Gasteiger partial charge in [-0.25, -0.2) is 4.79 Å². The Morgan fingerprint density at radius 2 is 1.37 bits per heavy atom. The van der Waals surface area contributed by atoms with Gasteiger partial charge in [0, 0.05) is 24.0 Å². The first kappa shape index (κ1) is 29.0. The van der Waals surface area contributed by atoms with Gasteiger partial charge < -0.3 is 14.3 Å². The van der Waals surface area contributed by atoms with Crippen LogP contribution in [0.1, 0.15) is 62.3 Å². The van der Waals surface area contributed by atoms with Crippen molar-refractivity contribution in [3.63, 3.8) is 0 Å². The van der Waals surface area contributed by atoms with Gasteiger partial charge in [0.15, 0.2) is 0 Å². The van der Waals surface area contributed by atoms with Gasteiger partial charge in [-0.2, -0.15) is 0 Å². The van der Waals surface area contributed by atoms with Crippen LogP contribution in [0.5, 0.6) is 0 Å². The van der Waals surface area contributed by atoms with Gasteiger partial charge in [0.05, 0.1) is 6.10 Å². The van der Waals surface area contributed by atoms with Crippen LogP contribution >= 0.6 is 0 Å². The van der Waals surface area contributed by atoms with Crippen LogP contribution in [-0.2, 0) is 14.0 Å². The number of benzene rings is 2. The van der Waals surface area contributed by atoms with Gasteiger partial charge in [-0.15, -0.1) is 0 Å². The van der Waals surface area contributed by atoms with Crippen molar-refractivity contribution in [3.8, 4) is 0 Å². The maximum absolute atomic E-state index is 12.4. The number of hydrogen-bond acceptors (Lipinski definition) is 4. The average Bonchev–Trinajstić information content (AvgIpc) is 2.78. The van der Waals surface area contributed by atoms with Crippen molar-refractivity contribution in [2.45, 2.75) is 79.1 Å². The van der Waals surface area contributed by atoms with E-state index in [9.17, 15) is 9.90 Å². The fourth-order valence-electron chi connectivity index (χ4n) is 4.55. The Morgan fingerprint density at radius 1 is 0.914 bits per heavy atom. The summed E-state index contributed by atoms with van der Waals surface area (Å²) in [5.74, 6) is -0.706. The Balaban J connectivity index is 2.30. The minimum absolute atomic E-state index is 0.126. The molecule has 2 aromatic rings. The Morgan fingerprint density at radius 3 is 1.77 bits per heavy atom. The van der Waals surface area contributed by atoms with E-state index in [0.29, 0.717) is 12.2 Å². The number of hydrogen-bond donors (Lipinski definition) is 1. The number of aliphatic hydroxyl groups is 1. The molecule has 192 valence electrons. The molecule has 0 unspecified atom stereocenters. The van der Waals surface area contributed by atoms with E-state index < -0.39 is 20.0 Å². The summed E-state index contributed by atoms with van der Waals surface area (Å²) in [5, 5.41) is 13.4. The summed E-state index contributed by atoms with van der Waals surface area (Å²) in [6.07, 6.45) is 1.14. The zero-order valence-corrected chi connectivity index (χ0v) is 24.0. The van der Waals surface area contributed by atoms with Gasteiger partial charge in [-0.05, 0) is 43.1 Å². The van der Waals surface area contributed by atoms with Crippen molar-refractivity contribution >= 4 is 24.7 Å². The summed E-state index contributed by atoms with van der Waals surface area (Å²) in [4.78, 5) is 12.4.